The normalized spacial score (nSPS) is 21.3. The number of hydrogen-bond acceptors (Lipinski definition) is 4. The number of benzene rings is 1. The maximum absolute atomic E-state index is 12.8. The quantitative estimate of drug-likeness (QED) is 0.878. The number of nitrogens with zero attached hydrogens (tertiary/aromatic N) is 3. The highest BCUT2D eigenvalue weighted by atomic mass is 16.2. The molecule has 5 nitrogen and oxygen atoms in total. The van der Waals surface area contributed by atoms with Gasteiger partial charge >= 0.3 is 0 Å². The molecule has 0 unspecified atom stereocenters. The summed E-state index contributed by atoms with van der Waals surface area (Å²) < 4.78 is 0. The van der Waals surface area contributed by atoms with E-state index in [1.54, 1.807) is 0 Å². The molecule has 108 valence electrons. The van der Waals surface area contributed by atoms with Crippen LogP contribution in [-0.4, -0.2) is 47.8 Å². The molecular weight excluding hydrogens is 264 g/mol. The highest BCUT2D eigenvalue weighted by molar-refractivity contribution is 6.09. The van der Waals surface area contributed by atoms with Gasteiger partial charge in [0.2, 0.25) is 5.96 Å². The molecule has 0 aromatic heterocycles. The van der Waals surface area contributed by atoms with E-state index >= 15 is 0 Å². The highest BCUT2D eigenvalue weighted by Crippen LogP contribution is 2.29. The molecule has 3 aliphatic heterocycles. The van der Waals surface area contributed by atoms with Gasteiger partial charge in [-0.1, -0.05) is 30.3 Å². The summed E-state index contributed by atoms with van der Waals surface area (Å²) in [4.78, 5) is 21.5. The van der Waals surface area contributed by atoms with Gasteiger partial charge in [-0.3, -0.25) is 14.7 Å². The molecule has 0 saturated heterocycles. The second-order valence-corrected chi connectivity index (χ2v) is 5.56. The molecule has 1 amide bonds. The third-order valence-corrected chi connectivity index (χ3v) is 4.26. The zero-order valence-corrected chi connectivity index (χ0v) is 11.9. The van der Waals surface area contributed by atoms with E-state index < -0.39 is 0 Å². The van der Waals surface area contributed by atoms with Gasteiger partial charge in [0.15, 0.2) is 0 Å². The van der Waals surface area contributed by atoms with Gasteiger partial charge in [0.1, 0.15) is 0 Å². The number of hydrogen-bond donors (Lipinski definition) is 1. The van der Waals surface area contributed by atoms with Gasteiger partial charge in [-0.15, -0.1) is 0 Å². The predicted molar refractivity (Wildman–Crippen MR) is 80.5 cm³/mol. The van der Waals surface area contributed by atoms with Crippen molar-refractivity contribution in [2.24, 2.45) is 4.99 Å². The van der Waals surface area contributed by atoms with Crippen LogP contribution in [0.25, 0.3) is 0 Å². The standard InChI is InChI=1S/C16H18N4O/c21-15-13-10-17-7-6-14(13)19-9-8-18-16(19)20(15)11-12-4-2-1-3-5-12/h1-5,17H,6-11H2. The van der Waals surface area contributed by atoms with E-state index in [-0.39, 0.29) is 5.91 Å². The van der Waals surface area contributed by atoms with Gasteiger partial charge < -0.3 is 10.2 Å². The van der Waals surface area contributed by atoms with Crippen LogP contribution in [0, 0.1) is 0 Å². The first kappa shape index (κ1) is 12.6. The number of rotatable bonds is 2. The van der Waals surface area contributed by atoms with Crippen molar-refractivity contribution in [2.45, 2.75) is 13.0 Å². The number of nitrogens with one attached hydrogen (secondary N) is 1. The number of amides is 1. The maximum Gasteiger partial charge on any atom is 0.259 e. The maximum atomic E-state index is 12.8. The van der Waals surface area contributed by atoms with Crippen LogP contribution in [0.5, 0.6) is 0 Å². The summed E-state index contributed by atoms with van der Waals surface area (Å²) in [5.41, 5.74) is 3.23. The van der Waals surface area contributed by atoms with Crippen LogP contribution in [0.15, 0.2) is 46.6 Å². The van der Waals surface area contributed by atoms with Crippen molar-refractivity contribution in [1.82, 2.24) is 15.1 Å². The molecular formula is C16H18N4O. The van der Waals surface area contributed by atoms with Crippen molar-refractivity contribution in [3.05, 3.63) is 47.2 Å². The third kappa shape index (κ3) is 2.05. The molecule has 0 spiro atoms. The minimum absolute atomic E-state index is 0.109. The molecule has 3 aliphatic rings. The molecule has 21 heavy (non-hydrogen) atoms. The molecule has 0 fully saturated rings. The highest BCUT2D eigenvalue weighted by Gasteiger charge is 2.39. The molecule has 0 radical (unpaired) electrons. The second kappa shape index (κ2) is 5.00. The van der Waals surface area contributed by atoms with Crippen LogP contribution >= 0.6 is 0 Å². The lowest BCUT2D eigenvalue weighted by Gasteiger charge is -2.39. The first-order valence-electron chi connectivity index (χ1n) is 7.45. The summed E-state index contributed by atoms with van der Waals surface area (Å²) >= 11 is 0. The van der Waals surface area contributed by atoms with Crippen LogP contribution in [0.1, 0.15) is 12.0 Å². The first-order valence-corrected chi connectivity index (χ1v) is 7.45. The molecule has 1 aromatic carbocycles. The van der Waals surface area contributed by atoms with E-state index in [1.807, 2.05) is 23.1 Å². The Balaban J connectivity index is 1.71. The van der Waals surface area contributed by atoms with Gasteiger partial charge in [-0.05, 0) is 5.56 Å². The number of fused-ring (bicyclic) bond motifs is 2. The van der Waals surface area contributed by atoms with E-state index in [0.717, 1.165) is 43.2 Å². The summed E-state index contributed by atoms with van der Waals surface area (Å²) in [5, 5.41) is 3.31. The molecule has 3 heterocycles. The van der Waals surface area contributed by atoms with Crippen molar-refractivity contribution in [3.8, 4) is 0 Å². The number of guanidine groups is 1. The monoisotopic (exact) mass is 282 g/mol. The topological polar surface area (TPSA) is 47.9 Å². The van der Waals surface area contributed by atoms with Gasteiger partial charge in [0.25, 0.3) is 5.91 Å². The minimum atomic E-state index is 0.109. The zero-order chi connectivity index (χ0) is 14.2. The molecule has 0 bridgehead atoms. The SMILES string of the molecule is O=C1C2=C(CCNC2)N2CCN=C2N1Cc1ccccc1. The predicted octanol–water partition coefficient (Wildman–Crippen LogP) is 0.948. The second-order valence-electron chi connectivity index (χ2n) is 5.56. The Hall–Kier alpha value is -2.14. The van der Waals surface area contributed by atoms with E-state index in [9.17, 15) is 4.79 Å². The summed E-state index contributed by atoms with van der Waals surface area (Å²) in [6.07, 6.45) is 0.916. The number of carbonyl (C=O) groups excluding carboxylic acids is 1. The lowest BCUT2D eigenvalue weighted by molar-refractivity contribution is -0.125. The molecule has 0 atom stereocenters. The lowest BCUT2D eigenvalue weighted by atomic mass is 10.0. The Morgan fingerprint density at radius 3 is 2.95 bits per heavy atom. The smallest absolute Gasteiger partial charge is 0.259 e. The summed E-state index contributed by atoms with van der Waals surface area (Å²) in [6, 6.07) is 10.1. The minimum Gasteiger partial charge on any atom is -0.314 e. The van der Waals surface area contributed by atoms with Crippen LogP contribution in [0.4, 0.5) is 0 Å². The Bertz CT molecular complexity index is 635. The number of carbonyl (C=O) groups is 1. The van der Waals surface area contributed by atoms with Crippen LogP contribution in [0.3, 0.4) is 0 Å². The molecule has 0 aliphatic carbocycles. The first-order chi connectivity index (χ1) is 10.3. The molecule has 1 N–H and O–H groups in total. The van der Waals surface area contributed by atoms with Crippen LogP contribution in [-0.2, 0) is 11.3 Å². The summed E-state index contributed by atoms with van der Waals surface area (Å²) in [5.74, 6) is 0.947. The summed E-state index contributed by atoms with van der Waals surface area (Å²) in [6.45, 7) is 3.87. The third-order valence-electron chi connectivity index (χ3n) is 4.26. The molecule has 4 rings (SSSR count). The van der Waals surface area contributed by atoms with Gasteiger partial charge in [0.05, 0.1) is 18.7 Å². The van der Waals surface area contributed by atoms with Gasteiger partial charge in [-0.2, -0.15) is 0 Å². The largest absolute Gasteiger partial charge is 0.314 e. The van der Waals surface area contributed by atoms with E-state index in [1.165, 1.54) is 5.70 Å². The Morgan fingerprint density at radius 1 is 1.24 bits per heavy atom. The van der Waals surface area contributed by atoms with E-state index in [4.69, 9.17) is 0 Å². The molecule has 0 saturated carbocycles. The van der Waals surface area contributed by atoms with E-state index in [0.29, 0.717) is 13.1 Å². The number of aliphatic imine (C=N–C) groups is 1. The van der Waals surface area contributed by atoms with Crippen molar-refractivity contribution in [1.29, 1.82) is 0 Å². The van der Waals surface area contributed by atoms with Crippen molar-refractivity contribution in [2.75, 3.05) is 26.2 Å². The van der Waals surface area contributed by atoms with Gasteiger partial charge in [0, 0.05) is 31.8 Å². The van der Waals surface area contributed by atoms with Crippen LogP contribution in [0.2, 0.25) is 0 Å². The van der Waals surface area contributed by atoms with Gasteiger partial charge in [-0.25, -0.2) is 0 Å². The Labute approximate surface area is 124 Å². The van der Waals surface area contributed by atoms with Crippen molar-refractivity contribution >= 4 is 11.9 Å². The Morgan fingerprint density at radius 2 is 2.10 bits per heavy atom. The fourth-order valence-corrected chi connectivity index (χ4v) is 3.25. The fourth-order valence-electron chi connectivity index (χ4n) is 3.25. The summed E-state index contributed by atoms with van der Waals surface area (Å²) in [7, 11) is 0. The van der Waals surface area contributed by atoms with Crippen molar-refractivity contribution < 1.29 is 4.79 Å². The fraction of sp³-hybridized carbons (Fsp3) is 0.375. The average Bonchev–Trinajstić information content (AvgIpc) is 3.02. The van der Waals surface area contributed by atoms with Crippen molar-refractivity contribution in [3.63, 3.8) is 0 Å². The Kier molecular flexibility index (Phi) is 3.00. The zero-order valence-electron chi connectivity index (χ0n) is 11.9. The molecule has 5 heteroatoms. The average molecular weight is 282 g/mol. The van der Waals surface area contributed by atoms with Crippen LogP contribution < -0.4 is 5.32 Å². The lowest BCUT2D eigenvalue weighted by Crippen LogP contribution is -2.53. The molecule has 1 aromatic rings. The van der Waals surface area contributed by atoms with E-state index in [2.05, 4.69) is 27.3 Å².